The van der Waals surface area contributed by atoms with E-state index >= 15 is 0 Å². The van der Waals surface area contributed by atoms with Gasteiger partial charge in [0, 0.05) is 10.1 Å². The lowest BCUT2D eigenvalue weighted by Gasteiger charge is -2.01. The molecular formula is C8H5BCl2O2S. The Labute approximate surface area is 94.8 Å². The van der Waals surface area contributed by atoms with Crippen molar-refractivity contribution in [1.29, 1.82) is 0 Å². The van der Waals surface area contributed by atoms with Crippen LogP contribution in [-0.4, -0.2) is 17.2 Å². The van der Waals surface area contributed by atoms with E-state index in [1.165, 1.54) is 11.3 Å². The summed E-state index contributed by atoms with van der Waals surface area (Å²) in [5.41, 5.74) is 0.385. The third kappa shape index (κ3) is 1.53. The number of benzene rings is 1. The number of halogens is 2. The van der Waals surface area contributed by atoms with Gasteiger partial charge in [0.2, 0.25) is 0 Å². The standard InChI is InChI=1S/C8H5BCl2O2S/c10-7-6-4(9(12)13)2-1-3-5(6)14-8(7)11/h1-3,12-13H. The van der Waals surface area contributed by atoms with Gasteiger partial charge in [-0.2, -0.15) is 0 Å². The highest BCUT2D eigenvalue weighted by Gasteiger charge is 2.19. The minimum Gasteiger partial charge on any atom is -0.423 e. The van der Waals surface area contributed by atoms with Gasteiger partial charge in [-0.1, -0.05) is 35.3 Å². The monoisotopic (exact) mass is 246 g/mol. The Bertz CT molecular complexity index is 483. The lowest BCUT2D eigenvalue weighted by Crippen LogP contribution is -2.30. The van der Waals surface area contributed by atoms with Crippen LogP contribution in [0.2, 0.25) is 9.36 Å². The fraction of sp³-hybridized carbons (Fsp3) is 0. The maximum Gasteiger partial charge on any atom is 0.489 e. The van der Waals surface area contributed by atoms with E-state index in [1.54, 1.807) is 12.1 Å². The van der Waals surface area contributed by atoms with Crippen molar-refractivity contribution in [3.05, 3.63) is 27.6 Å². The van der Waals surface area contributed by atoms with Gasteiger partial charge in [-0.25, -0.2) is 0 Å². The molecule has 1 heterocycles. The zero-order chi connectivity index (χ0) is 10.3. The van der Waals surface area contributed by atoms with Crippen LogP contribution in [0.15, 0.2) is 18.2 Å². The summed E-state index contributed by atoms with van der Waals surface area (Å²) in [6.07, 6.45) is 0. The molecule has 0 saturated heterocycles. The molecule has 0 fully saturated rings. The Hall–Kier alpha value is -0.255. The van der Waals surface area contributed by atoms with Crippen molar-refractivity contribution in [3.8, 4) is 0 Å². The molecule has 2 nitrogen and oxygen atoms in total. The van der Waals surface area contributed by atoms with Gasteiger partial charge in [0.05, 0.1) is 5.02 Å². The molecule has 0 saturated carbocycles. The summed E-state index contributed by atoms with van der Waals surface area (Å²) in [4.78, 5) is 0. The van der Waals surface area contributed by atoms with Crippen molar-refractivity contribution >= 4 is 57.2 Å². The minimum atomic E-state index is -1.53. The molecule has 0 bridgehead atoms. The molecule has 14 heavy (non-hydrogen) atoms. The van der Waals surface area contributed by atoms with Gasteiger partial charge in [0.15, 0.2) is 0 Å². The van der Waals surface area contributed by atoms with Gasteiger partial charge in [-0.05, 0) is 11.5 Å². The Morgan fingerprint density at radius 3 is 2.57 bits per heavy atom. The summed E-state index contributed by atoms with van der Waals surface area (Å²) in [5.74, 6) is 0. The SMILES string of the molecule is OB(O)c1cccc2sc(Cl)c(Cl)c12. The first-order chi connectivity index (χ1) is 6.61. The predicted octanol–water partition coefficient (Wildman–Crippen LogP) is 1.89. The molecule has 0 aliphatic rings. The molecule has 0 unspecified atom stereocenters. The molecular weight excluding hydrogens is 242 g/mol. The second-order valence-electron chi connectivity index (χ2n) is 2.78. The average Bonchev–Trinajstić information content (AvgIpc) is 2.43. The Balaban J connectivity index is 2.84. The van der Waals surface area contributed by atoms with Gasteiger partial charge in [-0.15, -0.1) is 11.3 Å². The van der Waals surface area contributed by atoms with Gasteiger partial charge < -0.3 is 10.0 Å². The third-order valence-electron chi connectivity index (χ3n) is 1.93. The predicted molar refractivity (Wildman–Crippen MR) is 61.7 cm³/mol. The van der Waals surface area contributed by atoms with Crippen molar-refractivity contribution in [3.63, 3.8) is 0 Å². The van der Waals surface area contributed by atoms with E-state index in [0.717, 1.165) is 4.70 Å². The maximum atomic E-state index is 9.11. The topological polar surface area (TPSA) is 40.5 Å². The largest absolute Gasteiger partial charge is 0.489 e. The van der Waals surface area contributed by atoms with Crippen molar-refractivity contribution < 1.29 is 10.0 Å². The van der Waals surface area contributed by atoms with Crippen molar-refractivity contribution in [2.45, 2.75) is 0 Å². The van der Waals surface area contributed by atoms with Crippen LogP contribution in [0.5, 0.6) is 0 Å². The van der Waals surface area contributed by atoms with Crippen LogP contribution in [0, 0.1) is 0 Å². The van der Waals surface area contributed by atoms with Crippen LogP contribution in [0.25, 0.3) is 10.1 Å². The summed E-state index contributed by atoms with van der Waals surface area (Å²) in [6.45, 7) is 0. The fourth-order valence-electron chi connectivity index (χ4n) is 1.32. The lowest BCUT2D eigenvalue weighted by atomic mass is 9.78. The summed E-state index contributed by atoms with van der Waals surface area (Å²) >= 11 is 13.1. The zero-order valence-corrected chi connectivity index (χ0v) is 9.20. The molecule has 1 aromatic heterocycles. The van der Waals surface area contributed by atoms with Crippen LogP contribution in [0.4, 0.5) is 0 Å². The van der Waals surface area contributed by atoms with Crippen molar-refractivity contribution in [2.75, 3.05) is 0 Å². The second-order valence-corrected chi connectivity index (χ2v) is 4.82. The second kappa shape index (κ2) is 3.72. The molecule has 0 radical (unpaired) electrons. The van der Waals surface area contributed by atoms with Gasteiger partial charge >= 0.3 is 7.12 Å². The highest BCUT2D eigenvalue weighted by atomic mass is 35.5. The molecule has 0 atom stereocenters. The van der Waals surface area contributed by atoms with Gasteiger partial charge in [0.1, 0.15) is 4.34 Å². The molecule has 2 aromatic rings. The average molecular weight is 247 g/mol. The quantitative estimate of drug-likeness (QED) is 0.755. The molecule has 0 aliphatic carbocycles. The van der Waals surface area contributed by atoms with Crippen LogP contribution >= 0.6 is 34.5 Å². The van der Waals surface area contributed by atoms with E-state index in [4.69, 9.17) is 33.2 Å². The lowest BCUT2D eigenvalue weighted by molar-refractivity contribution is 0.426. The molecule has 2 rings (SSSR count). The third-order valence-corrected chi connectivity index (χ3v) is 3.88. The molecule has 72 valence electrons. The summed E-state index contributed by atoms with van der Waals surface area (Å²) in [5, 5.41) is 19.2. The molecule has 0 amide bonds. The zero-order valence-electron chi connectivity index (χ0n) is 6.87. The highest BCUT2D eigenvalue weighted by Crippen LogP contribution is 2.37. The Morgan fingerprint density at radius 2 is 1.93 bits per heavy atom. The molecule has 1 aromatic carbocycles. The first-order valence-corrected chi connectivity index (χ1v) is 5.41. The van der Waals surface area contributed by atoms with Gasteiger partial charge in [0.25, 0.3) is 0 Å². The summed E-state index contributed by atoms with van der Waals surface area (Å²) < 4.78 is 1.32. The number of thiophene rings is 1. The first-order valence-electron chi connectivity index (χ1n) is 3.84. The van der Waals surface area contributed by atoms with E-state index in [0.29, 0.717) is 20.2 Å². The highest BCUT2D eigenvalue weighted by molar-refractivity contribution is 7.23. The molecule has 0 aliphatic heterocycles. The van der Waals surface area contributed by atoms with Crippen molar-refractivity contribution in [2.24, 2.45) is 0 Å². The Kier molecular flexibility index (Phi) is 2.73. The molecule has 0 spiro atoms. The number of hydrogen-bond donors (Lipinski definition) is 2. The van der Waals surface area contributed by atoms with E-state index in [-0.39, 0.29) is 0 Å². The van der Waals surface area contributed by atoms with E-state index in [1.807, 2.05) is 6.07 Å². The number of fused-ring (bicyclic) bond motifs is 1. The molecule has 2 N–H and O–H groups in total. The van der Waals surface area contributed by atoms with Crippen LogP contribution in [0.1, 0.15) is 0 Å². The van der Waals surface area contributed by atoms with E-state index < -0.39 is 7.12 Å². The van der Waals surface area contributed by atoms with E-state index in [9.17, 15) is 0 Å². The van der Waals surface area contributed by atoms with Crippen LogP contribution in [-0.2, 0) is 0 Å². The number of rotatable bonds is 1. The van der Waals surface area contributed by atoms with Crippen LogP contribution in [0.3, 0.4) is 0 Å². The van der Waals surface area contributed by atoms with Crippen LogP contribution < -0.4 is 5.46 Å². The minimum absolute atomic E-state index is 0.385. The summed E-state index contributed by atoms with van der Waals surface area (Å²) in [7, 11) is -1.53. The molecule has 6 heteroatoms. The Morgan fingerprint density at radius 1 is 1.21 bits per heavy atom. The van der Waals surface area contributed by atoms with E-state index in [2.05, 4.69) is 0 Å². The first kappa shape index (κ1) is 10.3. The normalized spacial score (nSPS) is 10.9. The van der Waals surface area contributed by atoms with Crippen molar-refractivity contribution in [1.82, 2.24) is 0 Å². The maximum absolute atomic E-state index is 9.11. The summed E-state index contributed by atoms with van der Waals surface area (Å²) in [6, 6.07) is 5.19. The van der Waals surface area contributed by atoms with Gasteiger partial charge in [-0.3, -0.25) is 0 Å². The smallest absolute Gasteiger partial charge is 0.423 e. The fourth-order valence-corrected chi connectivity index (χ4v) is 2.90. The number of hydrogen-bond acceptors (Lipinski definition) is 3.